The summed E-state index contributed by atoms with van der Waals surface area (Å²) in [4.78, 5) is 15.8. The molecule has 3 aromatic rings. The van der Waals surface area contributed by atoms with Crippen LogP contribution in [0.4, 0.5) is 0 Å². The molecule has 2 heterocycles. The standard InChI is InChI=1S/C16H12ClN3O3/c17-12-3-1-2-10(4-12)5-13-6-11(8-23-13)14(21)7-15(22)16-18-9-19-20-16/h1-4,6-9,22H,5H2,(H,18,19,20). The molecule has 0 amide bonds. The summed E-state index contributed by atoms with van der Waals surface area (Å²) in [7, 11) is 0. The van der Waals surface area contributed by atoms with Crippen molar-refractivity contribution in [2.24, 2.45) is 0 Å². The molecule has 0 aliphatic rings. The summed E-state index contributed by atoms with van der Waals surface area (Å²) in [6.45, 7) is 0. The molecule has 0 saturated carbocycles. The highest BCUT2D eigenvalue weighted by Gasteiger charge is 2.12. The lowest BCUT2D eigenvalue weighted by atomic mass is 10.1. The number of nitrogens with zero attached hydrogens (tertiary/aromatic N) is 2. The van der Waals surface area contributed by atoms with E-state index in [9.17, 15) is 9.90 Å². The Balaban J connectivity index is 1.74. The topological polar surface area (TPSA) is 92.0 Å². The molecular formula is C16H12ClN3O3. The number of allylic oxidation sites excluding steroid dienone is 1. The Hall–Kier alpha value is -2.86. The van der Waals surface area contributed by atoms with Crippen molar-refractivity contribution in [3.05, 3.63) is 76.7 Å². The van der Waals surface area contributed by atoms with Crippen molar-refractivity contribution in [2.75, 3.05) is 0 Å². The molecule has 2 N–H and O–H groups in total. The van der Waals surface area contributed by atoms with Crippen LogP contribution in [-0.4, -0.2) is 26.1 Å². The number of carbonyl (C=O) groups is 1. The molecule has 7 heteroatoms. The van der Waals surface area contributed by atoms with Crippen LogP contribution >= 0.6 is 11.6 Å². The third-order valence-electron chi connectivity index (χ3n) is 3.12. The van der Waals surface area contributed by atoms with Gasteiger partial charge in [0.05, 0.1) is 5.56 Å². The van der Waals surface area contributed by atoms with Crippen LogP contribution in [0.25, 0.3) is 5.76 Å². The van der Waals surface area contributed by atoms with Gasteiger partial charge < -0.3 is 9.52 Å². The van der Waals surface area contributed by atoms with Gasteiger partial charge in [-0.3, -0.25) is 9.89 Å². The molecule has 116 valence electrons. The average molecular weight is 330 g/mol. The van der Waals surface area contributed by atoms with E-state index in [0.29, 0.717) is 22.8 Å². The van der Waals surface area contributed by atoms with Gasteiger partial charge in [-0.25, -0.2) is 4.98 Å². The maximum absolute atomic E-state index is 12.1. The molecule has 0 aliphatic carbocycles. The van der Waals surface area contributed by atoms with Crippen LogP contribution in [0.5, 0.6) is 0 Å². The van der Waals surface area contributed by atoms with Crippen molar-refractivity contribution in [3.63, 3.8) is 0 Å². The third kappa shape index (κ3) is 3.67. The fourth-order valence-electron chi connectivity index (χ4n) is 2.06. The van der Waals surface area contributed by atoms with E-state index in [4.69, 9.17) is 16.0 Å². The summed E-state index contributed by atoms with van der Waals surface area (Å²) >= 11 is 5.94. The zero-order valence-corrected chi connectivity index (χ0v) is 12.6. The number of aliphatic hydroxyl groups excluding tert-OH is 1. The van der Waals surface area contributed by atoms with Gasteiger partial charge in [0.15, 0.2) is 11.5 Å². The molecule has 6 nitrogen and oxygen atoms in total. The van der Waals surface area contributed by atoms with Crippen LogP contribution in [0.2, 0.25) is 5.02 Å². The first-order valence-corrected chi connectivity index (χ1v) is 7.12. The largest absolute Gasteiger partial charge is 0.504 e. The summed E-state index contributed by atoms with van der Waals surface area (Å²) in [5, 5.41) is 16.6. The molecule has 2 aromatic heterocycles. The second-order valence-corrected chi connectivity index (χ2v) is 5.26. The minimum Gasteiger partial charge on any atom is -0.504 e. The van der Waals surface area contributed by atoms with Gasteiger partial charge in [0, 0.05) is 17.5 Å². The zero-order chi connectivity index (χ0) is 16.2. The Labute approximate surface area is 136 Å². The molecule has 23 heavy (non-hydrogen) atoms. The van der Waals surface area contributed by atoms with Gasteiger partial charge in [0.1, 0.15) is 18.4 Å². The lowest BCUT2D eigenvalue weighted by Gasteiger charge is -1.98. The summed E-state index contributed by atoms with van der Waals surface area (Å²) in [5.41, 5.74) is 1.31. The molecular weight excluding hydrogens is 318 g/mol. The molecule has 0 atom stereocenters. The number of benzene rings is 1. The van der Waals surface area contributed by atoms with E-state index in [0.717, 1.165) is 11.6 Å². The van der Waals surface area contributed by atoms with Crippen LogP contribution < -0.4 is 0 Å². The van der Waals surface area contributed by atoms with Gasteiger partial charge in [-0.15, -0.1) is 0 Å². The summed E-state index contributed by atoms with van der Waals surface area (Å²) in [5.74, 6) is -0.0235. The van der Waals surface area contributed by atoms with Crippen LogP contribution in [0.15, 0.2) is 53.4 Å². The maximum Gasteiger partial charge on any atom is 0.215 e. The fourth-order valence-corrected chi connectivity index (χ4v) is 2.27. The highest BCUT2D eigenvalue weighted by Crippen LogP contribution is 2.18. The van der Waals surface area contributed by atoms with Crippen molar-refractivity contribution in [1.29, 1.82) is 0 Å². The number of aromatic nitrogens is 3. The Kier molecular flexibility index (Phi) is 4.25. The maximum atomic E-state index is 12.1. The average Bonchev–Trinajstić information content (AvgIpc) is 3.18. The van der Waals surface area contributed by atoms with E-state index in [1.165, 1.54) is 12.6 Å². The number of aliphatic hydroxyl groups is 1. The normalized spacial score (nSPS) is 11.6. The minimum absolute atomic E-state index is 0.0565. The van der Waals surface area contributed by atoms with Crippen molar-refractivity contribution in [2.45, 2.75) is 6.42 Å². The number of furan rings is 1. The van der Waals surface area contributed by atoms with Crippen molar-refractivity contribution in [3.8, 4) is 0 Å². The van der Waals surface area contributed by atoms with Crippen LogP contribution in [0.1, 0.15) is 27.5 Å². The second kappa shape index (κ2) is 6.50. The first-order chi connectivity index (χ1) is 11.1. The molecule has 0 bridgehead atoms. The Morgan fingerprint density at radius 1 is 1.39 bits per heavy atom. The molecule has 3 rings (SSSR count). The Bertz CT molecular complexity index is 853. The third-order valence-corrected chi connectivity index (χ3v) is 3.35. The summed E-state index contributed by atoms with van der Waals surface area (Å²) < 4.78 is 5.39. The van der Waals surface area contributed by atoms with Gasteiger partial charge in [-0.2, -0.15) is 5.10 Å². The van der Waals surface area contributed by atoms with E-state index in [2.05, 4.69) is 15.2 Å². The first kappa shape index (κ1) is 15.1. The number of halogens is 1. The predicted molar refractivity (Wildman–Crippen MR) is 84.3 cm³/mol. The molecule has 0 fully saturated rings. The van der Waals surface area contributed by atoms with Crippen molar-refractivity contribution in [1.82, 2.24) is 15.2 Å². The van der Waals surface area contributed by atoms with Crippen LogP contribution in [0, 0.1) is 0 Å². The van der Waals surface area contributed by atoms with Crippen molar-refractivity contribution < 1.29 is 14.3 Å². The highest BCUT2D eigenvalue weighted by atomic mass is 35.5. The van der Waals surface area contributed by atoms with Crippen molar-refractivity contribution >= 4 is 23.1 Å². The summed E-state index contributed by atoms with van der Waals surface area (Å²) in [6, 6.07) is 9.03. The highest BCUT2D eigenvalue weighted by molar-refractivity contribution is 6.30. The number of rotatable bonds is 5. The smallest absolute Gasteiger partial charge is 0.215 e. The molecule has 1 aromatic carbocycles. The number of hydrogen-bond donors (Lipinski definition) is 2. The number of H-pyrrole nitrogens is 1. The Morgan fingerprint density at radius 2 is 2.26 bits per heavy atom. The van der Waals surface area contributed by atoms with E-state index >= 15 is 0 Å². The van der Waals surface area contributed by atoms with Gasteiger partial charge in [-0.05, 0) is 23.8 Å². The lowest BCUT2D eigenvalue weighted by molar-refractivity contribution is 0.104. The van der Waals surface area contributed by atoms with Crippen LogP contribution in [-0.2, 0) is 6.42 Å². The van der Waals surface area contributed by atoms with E-state index < -0.39 is 5.78 Å². The fraction of sp³-hybridized carbons (Fsp3) is 0.0625. The molecule has 0 spiro atoms. The quantitative estimate of drug-likeness (QED) is 0.425. The number of hydrogen-bond acceptors (Lipinski definition) is 5. The van der Waals surface area contributed by atoms with E-state index in [1.807, 2.05) is 18.2 Å². The molecule has 0 aliphatic heterocycles. The Morgan fingerprint density at radius 3 is 3.00 bits per heavy atom. The minimum atomic E-state index is -0.395. The monoisotopic (exact) mass is 329 g/mol. The number of ketones is 1. The lowest BCUT2D eigenvalue weighted by Crippen LogP contribution is -1.96. The number of carbonyl (C=O) groups excluding carboxylic acids is 1. The summed E-state index contributed by atoms with van der Waals surface area (Å²) in [6.07, 6.45) is 4.23. The first-order valence-electron chi connectivity index (χ1n) is 6.75. The van der Waals surface area contributed by atoms with Gasteiger partial charge in [0.2, 0.25) is 5.82 Å². The van der Waals surface area contributed by atoms with Crippen LogP contribution in [0.3, 0.4) is 0 Å². The van der Waals surface area contributed by atoms with E-state index in [-0.39, 0.29) is 11.6 Å². The SMILES string of the molecule is O=C(C=C(O)c1nc[nH]n1)c1coc(Cc2cccc(Cl)c2)c1. The van der Waals surface area contributed by atoms with Gasteiger partial charge in [-0.1, -0.05) is 23.7 Å². The molecule has 0 saturated heterocycles. The number of nitrogens with one attached hydrogen (secondary N) is 1. The molecule has 0 unspecified atom stereocenters. The predicted octanol–water partition coefficient (Wildman–Crippen LogP) is 3.42. The van der Waals surface area contributed by atoms with Gasteiger partial charge >= 0.3 is 0 Å². The second-order valence-electron chi connectivity index (χ2n) is 4.82. The number of aromatic amines is 1. The van der Waals surface area contributed by atoms with Gasteiger partial charge in [0.25, 0.3) is 0 Å². The van der Waals surface area contributed by atoms with E-state index in [1.54, 1.807) is 12.1 Å². The molecule has 0 radical (unpaired) electrons. The zero-order valence-electron chi connectivity index (χ0n) is 11.9.